The van der Waals surface area contributed by atoms with E-state index in [1.807, 2.05) is 30.3 Å². The van der Waals surface area contributed by atoms with Crippen LogP contribution in [0.4, 0.5) is 0 Å². The van der Waals surface area contributed by atoms with Gasteiger partial charge in [-0.25, -0.2) is 0 Å². The van der Waals surface area contributed by atoms with E-state index in [-0.39, 0.29) is 0 Å². The zero-order chi connectivity index (χ0) is 12.5. The summed E-state index contributed by atoms with van der Waals surface area (Å²) in [6, 6.07) is 9.80. The van der Waals surface area contributed by atoms with Gasteiger partial charge in [0.25, 0.3) is 0 Å². The zero-order valence-corrected chi connectivity index (χ0v) is 11.8. The Kier molecular flexibility index (Phi) is 2.95. The van der Waals surface area contributed by atoms with E-state index in [0.29, 0.717) is 0 Å². The molecule has 4 heteroatoms. The van der Waals surface area contributed by atoms with E-state index in [1.165, 1.54) is 0 Å². The van der Waals surface area contributed by atoms with Crippen molar-refractivity contribution in [2.45, 2.75) is 0 Å². The number of aromatic nitrogens is 1. The molecule has 3 aromatic rings. The fourth-order valence-corrected chi connectivity index (χ4v) is 2.49. The first-order valence-electron chi connectivity index (χ1n) is 5.46. The summed E-state index contributed by atoms with van der Waals surface area (Å²) in [5.74, 6) is 1.60. The lowest BCUT2D eigenvalue weighted by Gasteiger charge is -2.04. The number of benzene rings is 1. The summed E-state index contributed by atoms with van der Waals surface area (Å²) in [6.45, 7) is 0. The van der Waals surface area contributed by atoms with Gasteiger partial charge < -0.3 is 9.15 Å². The van der Waals surface area contributed by atoms with Crippen LogP contribution in [0.5, 0.6) is 5.75 Å². The first-order valence-corrected chi connectivity index (χ1v) is 6.54. The fraction of sp³-hybridized carbons (Fsp3) is 0.0714. The third-order valence-corrected chi connectivity index (χ3v) is 3.52. The van der Waals surface area contributed by atoms with E-state index in [1.54, 1.807) is 19.5 Å². The molecule has 0 aliphatic heterocycles. The van der Waals surface area contributed by atoms with Crippen LogP contribution in [-0.2, 0) is 0 Å². The minimum absolute atomic E-state index is 0.799. The van der Waals surface area contributed by atoms with Crippen molar-refractivity contribution in [3.05, 3.63) is 46.3 Å². The van der Waals surface area contributed by atoms with Gasteiger partial charge in [0.2, 0.25) is 0 Å². The zero-order valence-electron chi connectivity index (χ0n) is 9.68. The molecular weight excluding hydrogens is 341 g/mol. The van der Waals surface area contributed by atoms with Crippen molar-refractivity contribution >= 4 is 33.6 Å². The summed E-state index contributed by atoms with van der Waals surface area (Å²) in [5.41, 5.74) is 1.82. The average molecular weight is 351 g/mol. The van der Waals surface area contributed by atoms with Crippen molar-refractivity contribution in [3.8, 4) is 17.1 Å². The SMILES string of the molecule is COc1ccccc1-c1cc2cncc(I)c2o1. The van der Waals surface area contributed by atoms with Crippen LogP contribution in [0.2, 0.25) is 0 Å². The van der Waals surface area contributed by atoms with Gasteiger partial charge in [0.1, 0.15) is 11.5 Å². The number of pyridine rings is 1. The maximum absolute atomic E-state index is 5.90. The highest BCUT2D eigenvalue weighted by atomic mass is 127. The molecular formula is C14H10INO2. The van der Waals surface area contributed by atoms with Crippen LogP contribution in [0.1, 0.15) is 0 Å². The average Bonchev–Trinajstić information content (AvgIpc) is 2.84. The highest BCUT2D eigenvalue weighted by molar-refractivity contribution is 14.1. The number of para-hydroxylation sites is 1. The number of hydrogen-bond donors (Lipinski definition) is 0. The Hall–Kier alpha value is -1.56. The Morgan fingerprint density at radius 3 is 2.83 bits per heavy atom. The van der Waals surface area contributed by atoms with Gasteiger partial charge in [-0.15, -0.1) is 0 Å². The molecule has 0 bridgehead atoms. The van der Waals surface area contributed by atoms with E-state index >= 15 is 0 Å². The standard InChI is InChI=1S/C14H10INO2/c1-17-12-5-3-2-4-10(12)13-6-9-7-16-8-11(15)14(9)18-13/h2-8H,1H3. The van der Waals surface area contributed by atoms with Gasteiger partial charge in [0.05, 0.1) is 16.2 Å². The Morgan fingerprint density at radius 2 is 2.06 bits per heavy atom. The van der Waals surface area contributed by atoms with Crippen LogP contribution in [0.15, 0.2) is 47.1 Å². The van der Waals surface area contributed by atoms with E-state index < -0.39 is 0 Å². The number of furan rings is 1. The molecule has 0 spiro atoms. The third-order valence-electron chi connectivity index (χ3n) is 2.75. The van der Waals surface area contributed by atoms with Crippen LogP contribution in [0.25, 0.3) is 22.3 Å². The van der Waals surface area contributed by atoms with Gasteiger partial charge in [-0.1, -0.05) is 12.1 Å². The quantitative estimate of drug-likeness (QED) is 0.652. The van der Waals surface area contributed by atoms with Crippen LogP contribution >= 0.6 is 22.6 Å². The topological polar surface area (TPSA) is 35.3 Å². The van der Waals surface area contributed by atoms with Gasteiger partial charge in [-0.3, -0.25) is 4.98 Å². The Balaban J connectivity index is 2.23. The molecule has 0 amide bonds. The maximum atomic E-state index is 5.90. The maximum Gasteiger partial charge on any atom is 0.151 e. The number of ether oxygens (including phenoxy) is 1. The molecule has 18 heavy (non-hydrogen) atoms. The lowest BCUT2D eigenvalue weighted by atomic mass is 10.1. The summed E-state index contributed by atoms with van der Waals surface area (Å²) < 4.78 is 12.3. The Labute approximate surface area is 118 Å². The number of nitrogens with zero attached hydrogens (tertiary/aromatic N) is 1. The Morgan fingerprint density at radius 1 is 1.22 bits per heavy atom. The predicted molar refractivity (Wildman–Crippen MR) is 78.7 cm³/mol. The number of halogens is 1. The molecule has 2 aromatic heterocycles. The van der Waals surface area contributed by atoms with E-state index in [0.717, 1.165) is 31.6 Å². The first-order chi connectivity index (χ1) is 8.79. The van der Waals surface area contributed by atoms with Gasteiger partial charge in [-0.05, 0) is 40.8 Å². The van der Waals surface area contributed by atoms with Crippen LogP contribution in [-0.4, -0.2) is 12.1 Å². The Bertz CT molecular complexity index is 706. The van der Waals surface area contributed by atoms with Gasteiger partial charge >= 0.3 is 0 Å². The summed E-state index contributed by atoms with van der Waals surface area (Å²) in [4.78, 5) is 4.16. The third kappa shape index (κ3) is 1.86. The molecule has 0 aliphatic carbocycles. The summed E-state index contributed by atoms with van der Waals surface area (Å²) in [7, 11) is 1.66. The van der Waals surface area contributed by atoms with Gasteiger partial charge in [0.15, 0.2) is 5.58 Å². The first kappa shape index (κ1) is 11.5. The molecule has 0 fully saturated rings. The van der Waals surface area contributed by atoms with Crippen molar-refractivity contribution in [2.24, 2.45) is 0 Å². The minimum Gasteiger partial charge on any atom is -0.496 e. The van der Waals surface area contributed by atoms with Crippen LogP contribution < -0.4 is 4.74 Å². The van der Waals surface area contributed by atoms with Gasteiger partial charge in [-0.2, -0.15) is 0 Å². The molecule has 3 nitrogen and oxygen atoms in total. The summed E-state index contributed by atoms with van der Waals surface area (Å²) in [6.07, 6.45) is 3.60. The minimum atomic E-state index is 0.799. The lowest BCUT2D eigenvalue weighted by Crippen LogP contribution is -1.85. The summed E-state index contributed by atoms with van der Waals surface area (Å²) >= 11 is 2.22. The van der Waals surface area contributed by atoms with E-state index in [2.05, 4.69) is 27.6 Å². The molecule has 0 saturated heterocycles. The van der Waals surface area contributed by atoms with Crippen LogP contribution in [0, 0.1) is 3.57 Å². The van der Waals surface area contributed by atoms with Crippen molar-refractivity contribution in [2.75, 3.05) is 7.11 Å². The molecule has 3 rings (SSSR count). The second-order valence-electron chi connectivity index (χ2n) is 3.85. The number of methoxy groups -OCH3 is 1. The monoisotopic (exact) mass is 351 g/mol. The second-order valence-corrected chi connectivity index (χ2v) is 5.01. The number of rotatable bonds is 2. The van der Waals surface area contributed by atoms with Gasteiger partial charge in [0, 0.05) is 17.8 Å². The van der Waals surface area contributed by atoms with Crippen molar-refractivity contribution in [1.82, 2.24) is 4.98 Å². The number of hydrogen-bond acceptors (Lipinski definition) is 3. The molecule has 0 radical (unpaired) electrons. The smallest absolute Gasteiger partial charge is 0.151 e. The van der Waals surface area contributed by atoms with Crippen molar-refractivity contribution in [1.29, 1.82) is 0 Å². The summed E-state index contributed by atoms with van der Waals surface area (Å²) in [5, 5.41) is 1.00. The number of fused-ring (bicyclic) bond motifs is 1. The molecule has 0 atom stereocenters. The molecule has 2 heterocycles. The highest BCUT2D eigenvalue weighted by Crippen LogP contribution is 2.34. The molecule has 0 unspecified atom stereocenters. The van der Waals surface area contributed by atoms with E-state index in [4.69, 9.17) is 9.15 Å². The van der Waals surface area contributed by atoms with Crippen LogP contribution in [0.3, 0.4) is 0 Å². The van der Waals surface area contributed by atoms with Crippen molar-refractivity contribution in [3.63, 3.8) is 0 Å². The highest BCUT2D eigenvalue weighted by Gasteiger charge is 2.12. The molecule has 0 saturated carbocycles. The molecule has 90 valence electrons. The van der Waals surface area contributed by atoms with Crippen molar-refractivity contribution < 1.29 is 9.15 Å². The van der Waals surface area contributed by atoms with E-state index in [9.17, 15) is 0 Å². The fourth-order valence-electron chi connectivity index (χ4n) is 1.91. The lowest BCUT2D eigenvalue weighted by molar-refractivity contribution is 0.415. The molecule has 1 aromatic carbocycles. The predicted octanol–water partition coefficient (Wildman–Crippen LogP) is 4.11. The molecule has 0 aliphatic rings. The largest absolute Gasteiger partial charge is 0.496 e. The molecule has 0 N–H and O–H groups in total. The normalized spacial score (nSPS) is 10.8. The second kappa shape index (κ2) is 4.61.